The van der Waals surface area contributed by atoms with Gasteiger partial charge in [0.15, 0.2) is 5.69 Å². The van der Waals surface area contributed by atoms with E-state index in [0.29, 0.717) is 42.8 Å². The topological polar surface area (TPSA) is 93.8 Å². The van der Waals surface area contributed by atoms with Crippen LogP contribution in [0.2, 0.25) is 0 Å². The number of aliphatic hydroxyl groups excluding tert-OH is 1. The maximum atomic E-state index is 13.2. The van der Waals surface area contributed by atoms with Crippen LogP contribution in [0.4, 0.5) is 13.2 Å². The van der Waals surface area contributed by atoms with E-state index in [1.54, 1.807) is 25.1 Å². The Hall–Kier alpha value is -3.11. The minimum atomic E-state index is -4.59. The second-order valence-electron chi connectivity index (χ2n) is 7.99. The van der Waals surface area contributed by atoms with Gasteiger partial charge in [0.05, 0.1) is 17.7 Å². The number of furan rings is 1. The second-order valence-corrected chi connectivity index (χ2v) is 7.99. The van der Waals surface area contributed by atoms with Gasteiger partial charge in [-0.3, -0.25) is 9.78 Å². The Morgan fingerprint density at radius 1 is 1.27 bits per heavy atom. The van der Waals surface area contributed by atoms with Crippen molar-refractivity contribution >= 4 is 16.9 Å². The molecule has 7 nitrogen and oxygen atoms in total. The molecule has 1 saturated heterocycles. The Bertz CT molecular complexity index is 1150. The number of pyridine rings is 1. The third-order valence-electron chi connectivity index (χ3n) is 5.75. The van der Waals surface area contributed by atoms with Crippen LogP contribution in [-0.4, -0.2) is 41.4 Å². The Labute approximate surface area is 187 Å². The zero-order chi connectivity index (χ0) is 23.6. The first-order valence-electron chi connectivity index (χ1n) is 10.4. The summed E-state index contributed by atoms with van der Waals surface area (Å²) in [5, 5.41) is 13.3. The highest BCUT2D eigenvalue weighted by atomic mass is 19.4. The molecule has 1 amide bonds. The van der Waals surface area contributed by atoms with Crippen molar-refractivity contribution in [2.24, 2.45) is 0 Å². The Morgan fingerprint density at radius 3 is 2.73 bits per heavy atom. The minimum absolute atomic E-state index is 0.101. The molecule has 4 rings (SSSR count). The number of amides is 1. The summed E-state index contributed by atoms with van der Waals surface area (Å²) in [6, 6.07) is 7.42. The normalized spacial score (nSPS) is 16.0. The number of hydrogen-bond acceptors (Lipinski definition) is 6. The number of carbonyl (C=O) groups is 1. The summed E-state index contributed by atoms with van der Waals surface area (Å²) in [4.78, 5) is 16.5. The lowest BCUT2D eigenvalue weighted by molar-refractivity contribution is -0.142. The number of aliphatic hydroxyl groups is 1. The molecule has 1 aliphatic heterocycles. The summed E-state index contributed by atoms with van der Waals surface area (Å²) in [6.45, 7) is 1.94. The van der Waals surface area contributed by atoms with Crippen LogP contribution in [-0.2, 0) is 17.5 Å². The van der Waals surface area contributed by atoms with Gasteiger partial charge in [0.25, 0.3) is 5.91 Å². The van der Waals surface area contributed by atoms with Crippen LogP contribution < -0.4 is 10.1 Å². The molecule has 2 N–H and O–H groups in total. The number of nitrogens with one attached hydrogen (secondary N) is 1. The van der Waals surface area contributed by atoms with Gasteiger partial charge in [-0.2, -0.15) is 13.2 Å². The Kier molecular flexibility index (Phi) is 6.31. The highest BCUT2D eigenvalue weighted by Gasteiger charge is 2.36. The number of carbonyl (C=O) groups excluding carboxylic acids is 1. The number of hydrogen-bond donors (Lipinski definition) is 2. The van der Waals surface area contributed by atoms with E-state index in [9.17, 15) is 23.1 Å². The summed E-state index contributed by atoms with van der Waals surface area (Å²) in [6.07, 6.45) is -2.56. The van der Waals surface area contributed by atoms with E-state index < -0.39 is 23.3 Å². The first-order chi connectivity index (χ1) is 15.7. The predicted molar refractivity (Wildman–Crippen MR) is 112 cm³/mol. The molecule has 33 heavy (non-hydrogen) atoms. The molecule has 10 heteroatoms. The van der Waals surface area contributed by atoms with E-state index >= 15 is 0 Å². The maximum Gasteiger partial charge on any atom is 0.433 e. The fourth-order valence-electron chi connectivity index (χ4n) is 3.93. The number of aryl methyl sites for hydroxylation is 1. The molecular formula is C23H23F3N2O5. The highest BCUT2D eigenvalue weighted by molar-refractivity contribution is 6.07. The zero-order valence-corrected chi connectivity index (χ0v) is 17.9. The predicted octanol–water partition coefficient (Wildman–Crippen LogP) is 4.01. The van der Waals surface area contributed by atoms with Gasteiger partial charge in [-0.05, 0) is 44.0 Å². The van der Waals surface area contributed by atoms with Crippen molar-refractivity contribution in [3.8, 4) is 5.75 Å². The first kappa shape index (κ1) is 23.1. The van der Waals surface area contributed by atoms with Crippen molar-refractivity contribution in [2.75, 3.05) is 19.8 Å². The van der Waals surface area contributed by atoms with E-state index in [4.69, 9.17) is 13.9 Å². The Balaban J connectivity index is 1.58. The van der Waals surface area contributed by atoms with Crippen LogP contribution in [0.25, 0.3) is 11.0 Å². The molecule has 1 aliphatic rings. The van der Waals surface area contributed by atoms with Gasteiger partial charge in [-0.15, -0.1) is 0 Å². The summed E-state index contributed by atoms with van der Waals surface area (Å²) in [5.41, 5.74) is -1.17. The van der Waals surface area contributed by atoms with Crippen molar-refractivity contribution in [1.29, 1.82) is 0 Å². The third-order valence-corrected chi connectivity index (χ3v) is 5.75. The smallest absolute Gasteiger partial charge is 0.433 e. The number of rotatable bonds is 6. The third kappa shape index (κ3) is 4.81. The Morgan fingerprint density at radius 2 is 2.03 bits per heavy atom. The lowest BCUT2D eigenvalue weighted by Crippen LogP contribution is -2.54. The van der Waals surface area contributed by atoms with Gasteiger partial charge >= 0.3 is 6.18 Å². The molecule has 0 unspecified atom stereocenters. The fraction of sp³-hybridized carbons (Fsp3) is 0.391. The monoisotopic (exact) mass is 464 g/mol. The van der Waals surface area contributed by atoms with Gasteiger partial charge in [-0.25, -0.2) is 0 Å². The average Bonchev–Trinajstić information content (AvgIpc) is 3.13. The van der Waals surface area contributed by atoms with Crippen molar-refractivity contribution in [1.82, 2.24) is 10.3 Å². The van der Waals surface area contributed by atoms with Gasteiger partial charge in [0.2, 0.25) is 0 Å². The second kappa shape index (κ2) is 9.03. The fourth-order valence-corrected chi connectivity index (χ4v) is 3.93. The van der Waals surface area contributed by atoms with Crippen LogP contribution in [0.5, 0.6) is 5.75 Å². The van der Waals surface area contributed by atoms with E-state index in [2.05, 4.69) is 10.3 Å². The molecule has 1 fully saturated rings. The van der Waals surface area contributed by atoms with Gasteiger partial charge in [0, 0.05) is 30.4 Å². The lowest BCUT2D eigenvalue weighted by Gasteiger charge is -2.36. The molecule has 0 saturated carbocycles. The SMILES string of the molecule is Cc1oc2ccc(OCc3cccnc3C(F)(F)F)cc2c1C(=O)NC1(CO)CCOCC1. The van der Waals surface area contributed by atoms with Crippen LogP contribution >= 0.6 is 0 Å². The summed E-state index contributed by atoms with van der Waals surface area (Å²) in [7, 11) is 0. The van der Waals surface area contributed by atoms with Crippen LogP contribution in [0.1, 0.15) is 40.2 Å². The number of nitrogens with zero attached hydrogens (tertiary/aromatic N) is 1. The number of fused-ring (bicyclic) bond motifs is 1. The average molecular weight is 464 g/mol. The summed E-state index contributed by atoms with van der Waals surface area (Å²) < 4.78 is 56.2. The van der Waals surface area contributed by atoms with Gasteiger partial charge in [0.1, 0.15) is 23.7 Å². The van der Waals surface area contributed by atoms with Crippen LogP contribution in [0, 0.1) is 6.92 Å². The van der Waals surface area contributed by atoms with Gasteiger partial charge in [-0.1, -0.05) is 6.07 Å². The number of aromatic nitrogens is 1. The molecule has 1 aromatic carbocycles. The van der Waals surface area contributed by atoms with Crippen LogP contribution in [0.3, 0.4) is 0 Å². The lowest BCUT2D eigenvalue weighted by atomic mass is 9.90. The first-order valence-corrected chi connectivity index (χ1v) is 10.4. The largest absolute Gasteiger partial charge is 0.489 e. The maximum absolute atomic E-state index is 13.2. The zero-order valence-electron chi connectivity index (χ0n) is 17.9. The molecule has 0 spiro atoms. The van der Waals surface area contributed by atoms with E-state index in [1.807, 2.05) is 0 Å². The number of ether oxygens (including phenoxy) is 2. The van der Waals surface area contributed by atoms with Crippen LogP contribution in [0.15, 0.2) is 40.9 Å². The number of alkyl halides is 3. The van der Waals surface area contributed by atoms with Crippen molar-refractivity contribution in [3.63, 3.8) is 0 Å². The van der Waals surface area contributed by atoms with Gasteiger partial charge < -0.3 is 24.3 Å². The quantitative estimate of drug-likeness (QED) is 0.573. The van der Waals surface area contributed by atoms with E-state index in [0.717, 1.165) is 6.20 Å². The molecule has 0 radical (unpaired) electrons. The van der Waals surface area contributed by atoms with Crippen molar-refractivity contribution in [2.45, 2.75) is 38.1 Å². The number of halogens is 3. The van der Waals surface area contributed by atoms with Crippen molar-refractivity contribution in [3.05, 3.63) is 59.1 Å². The van der Waals surface area contributed by atoms with Crippen molar-refractivity contribution < 1.29 is 37.0 Å². The molecule has 3 aromatic rings. The van der Waals surface area contributed by atoms with E-state index in [1.165, 1.54) is 12.1 Å². The molecular weight excluding hydrogens is 441 g/mol. The molecule has 0 bridgehead atoms. The number of benzene rings is 1. The molecule has 0 aliphatic carbocycles. The molecule has 2 aromatic heterocycles. The summed E-state index contributed by atoms with van der Waals surface area (Å²) in [5.74, 6) is 0.245. The standard InChI is InChI=1S/C23H23F3N2O5/c1-14-19(21(30)28-22(13-29)6-9-31-10-7-22)17-11-16(4-5-18(17)33-14)32-12-15-3-2-8-27-20(15)23(24,25)26/h2-5,8,11,29H,6-7,9-10,12-13H2,1H3,(H,28,30). The summed E-state index contributed by atoms with van der Waals surface area (Å²) >= 11 is 0. The molecule has 0 atom stereocenters. The minimum Gasteiger partial charge on any atom is -0.489 e. The highest BCUT2D eigenvalue weighted by Crippen LogP contribution is 2.33. The van der Waals surface area contributed by atoms with E-state index in [-0.39, 0.29) is 30.1 Å². The molecule has 176 valence electrons. The molecule has 3 heterocycles.